The summed E-state index contributed by atoms with van der Waals surface area (Å²) in [6.45, 7) is 5.85. The Kier molecular flexibility index (Phi) is 4.79. The quantitative estimate of drug-likeness (QED) is 0.910. The summed E-state index contributed by atoms with van der Waals surface area (Å²) >= 11 is 0. The van der Waals surface area contributed by atoms with Crippen molar-refractivity contribution >= 4 is 5.82 Å². The molecule has 3 heterocycles. The maximum Gasteiger partial charge on any atom is 0.125 e. The van der Waals surface area contributed by atoms with Gasteiger partial charge < -0.3 is 5.32 Å². The van der Waals surface area contributed by atoms with Gasteiger partial charge in [0.25, 0.3) is 0 Å². The van der Waals surface area contributed by atoms with Crippen LogP contribution >= 0.6 is 0 Å². The zero-order chi connectivity index (χ0) is 16.1. The van der Waals surface area contributed by atoms with E-state index < -0.39 is 0 Å². The van der Waals surface area contributed by atoms with Gasteiger partial charge in [-0.1, -0.05) is 0 Å². The molecule has 6 heteroatoms. The smallest absolute Gasteiger partial charge is 0.125 e. The third-order valence-electron chi connectivity index (χ3n) is 4.05. The van der Waals surface area contributed by atoms with E-state index >= 15 is 0 Å². The molecule has 6 nitrogen and oxygen atoms in total. The van der Waals surface area contributed by atoms with Crippen LogP contribution in [0.25, 0.3) is 0 Å². The molecule has 1 N–H and O–H groups in total. The molecule has 0 bridgehead atoms. The van der Waals surface area contributed by atoms with Crippen molar-refractivity contribution < 1.29 is 0 Å². The van der Waals surface area contributed by atoms with Crippen molar-refractivity contribution in [1.29, 1.82) is 5.26 Å². The zero-order valence-electron chi connectivity index (χ0n) is 13.2. The molecular formula is C17H20N6. The summed E-state index contributed by atoms with van der Waals surface area (Å²) in [6, 6.07) is 5.71. The van der Waals surface area contributed by atoms with Crippen LogP contribution in [0.2, 0.25) is 0 Å². The van der Waals surface area contributed by atoms with E-state index in [0.29, 0.717) is 11.5 Å². The Bertz CT molecular complexity index is 674. The van der Waals surface area contributed by atoms with Gasteiger partial charge in [0.05, 0.1) is 17.0 Å². The molecule has 1 fully saturated rings. The topological polar surface area (TPSA) is 77.7 Å². The van der Waals surface area contributed by atoms with E-state index in [1.165, 1.54) is 6.42 Å². The molecule has 0 saturated carbocycles. The summed E-state index contributed by atoms with van der Waals surface area (Å²) in [5, 5.41) is 12.1. The van der Waals surface area contributed by atoms with E-state index in [1.807, 2.05) is 25.4 Å². The Morgan fingerprint density at radius 2 is 2.17 bits per heavy atom. The molecule has 0 aromatic carbocycles. The minimum Gasteiger partial charge on any atom is -0.370 e. The standard InChI is InChI=1S/C17H20N6/c1-13-7-20-16(10-19-13)12-23-5-4-15(11-23)9-22-17-3-2-14(6-18)8-21-17/h2-3,7-8,10,15H,4-5,9,11-12H2,1H3,(H,21,22). The van der Waals surface area contributed by atoms with Crippen LogP contribution < -0.4 is 5.32 Å². The van der Waals surface area contributed by atoms with Crippen LogP contribution in [0.5, 0.6) is 0 Å². The predicted octanol–water partition coefficient (Wildman–Crippen LogP) is 1.99. The lowest BCUT2D eigenvalue weighted by molar-refractivity contribution is 0.314. The molecule has 0 amide bonds. The van der Waals surface area contributed by atoms with E-state index in [-0.39, 0.29) is 0 Å². The number of rotatable bonds is 5. The number of aromatic nitrogens is 3. The Morgan fingerprint density at radius 1 is 1.26 bits per heavy atom. The maximum absolute atomic E-state index is 8.77. The van der Waals surface area contributed by atoms with Crippen LogP contribution in [-0.4, -0.2) is 39.5 Å². The molecule has 0 radical (unpaired) electrons. The molecule has 118 valence electrons. The Hall–Kier alpha value is -2.52. The Morgan fingerprint density at radius 3 is 2.87 bits per heavy atom. The van der Waals surface area contributed by atoms with Gasteiger partial charge in [-0.05, 0) is 37.9 Å². The van der Waals surface area contributed by atoms with Gasteiger partial charge in [-0.15, -0.1) is 0 Å². The first-order valence-electron chi connectivity index (χ1n) is 7.83. The summed E-state index contributed by atoms with van der Waals surface area (Å²) in [5.41, 5.74) is 2.56. The third-order valence-corrected chi connectivity index (χ3v) is 4.05. The second kappa shape index (κ2) is 7.16. The highest BCUT2D eigenvalue weighted by atomic mass is 15.2. The fourth-order valence-corrected chi connectivity index (χ4v) is 2.77. The van der Waals surface area contributed by atoms with Gasteiger partial charge in [-0.3, -0.25) is 14.9 Å². The Balaban J connectivity index is 1.46. The van der Waals surface area contributed by atoms with Crippen LogP contribution in [0.1, 0.15) is 23.4 Å². The number of anilines is 1. The van der Waals surface area contributed by atoms with Gasteiger partial charge in [0.15, 0.2) is 0 Å². The molecule has 2 aromatic heterocycles. The molecular weight excluding hydrogens is 288 g/mol. The van der Waals surface area contributed by atoms with E-state index in [9.17, 15) is 0 Å². The first kappa shape index (κ1) is 15.4. The second-order valence-electron chi connectivity index (χ2n) is 5.96. The minimum atomic E-state index is 0.585. The van der Waals surface area contributed by atoms with Crippen molar-refractivity contribution in [1.82, 2.24) is 19.9 Å². The fraction of sp³-hybridized carbons (Fsp3) is 0.412. The lowest BCUT2D eigenvalue weighted by Crippen LogP contribution is -2.23. The number of nitrogens with zero attached hydrogens (tertiary/aromatic N) is 5. The van der Waals surface area contributed by atoms with E-state index in [1.54, 1.807) is 12.3 Å². The predicted molar refractivity (Wildman–Crippen MR) is 87.6 cm³/mol. The molecule has 1 aliphatic rings. The normalized spacial score (nSPS) is 17.8. The molecule has 0 aliphatic carbocycles. The second-order valence-corrected chi connectivity index (χ2v) is 5.96. The van der Waals surface area contributed by atoms with Crippen LogP contribution in [0, 0.1) is 24.2 Å². The lowest BCUT2D eigenvalue weighted by Gasteiger charge is -2.16. The molecule has 1 unspecified atom stereocenters. The highest BCUT2D eigenvalue weighted by Crippen LogP contribution is 2.18. The summed E-state index contributed by atoms with van der Waals surface area (Å²) < 4.78 is 0. The van der Waals surface area contributed by atoms with Crippen molar-refractivity contribution in [2.75, 3.05) is 25.0 Å². The van der Waals surface area contributed by atoms with Crippen LogP contribution in [0.4, 0.5) is 5.82 Å². The zero-order valence-corrected chi connectivity index (χ0v) is 13.2. The number of likely N-dealkylation sites (tertiary alicyclic amines) is 1. The maximum atomic E-state index is 8.77. The number of hydrogen-bond acceptors (Lipinski definition) is 6. The third kappa shape index (κ3) is 4.24. The summed E-state index contributed by atoms with van der Waals surface area (Å²) in [5.74, 6) is 1.43. The number of aryl methyl sites for hydroxylation is 1. The monoisotopic (exact) mass is 308 g/mol. The van der Waals surface area contributed by atoms with Gasteiger partial charge in [0.2, 0.25) is 0 Å². The molecule has 0 spiro atoms. The van der Waals surface area contributed by atoms with Crippen molar-refractivity contribution in [3.05, 3.63) is 47.7 Å². The van der Waals surface area contributed by atoms with Crippen molar-refractivity contribution in [3.63, 3.8) is 0 Å². The first-order valence-corrected chi connectivity index (χ1v) is 7.83. The largest absolute Gasteiger partial charge is 0.370 e. The van der Waals surface area contributed by atoms with Gasteiger partial charge in [0, 0.05) is 38.2 Å². The Labute approximate surface area is 136 Å². The van der Waals surface area contributed by atoms with E-state index in [4.69, 9.17) is 5.26 Å². The van der Waals surface area contributed by atoms with Gasteiger partial charge in [0.1, 0.15) is 11.9 Å². The van der Waals surface area contributed by atoms with E-state index in [2.05, 4.69) is 31.2 Å². The SMILES string of the molecule is Cc1cnc(CN2CCC(CNc3ccc(C#N)cn3)C2)cn1. The summed E-state index contributed by atoms with van der Waals surface area (Å²) in [7, 11) is 0. The van der Waals surface area contributed by atoms with Crippen LogP contribution in [0.3, 0.4) is 0 Å². The highest BCUT2D eigenvalue weighted by Gasteiger charge is 2.22. The van der Waals surface area contributed by atoms with E-state index in [0.717, 1.165) is 43.4 Å². The average Bonchev–Trinajstić information content (AvgIpc) is 3.03. The number of hydrogen-bond donors (Lipinski definition) is 1. The van der Waals surface area contributed by atoms with Crippen LogP contribution in [-0.2, 0) is 6.54 Å². The van der Waals surface area contributed by atoms with Gasteiger partial charge >= 0.3 is 0 Å². The van der Waals surface area contributed by atoms with Crippen LogP contribution in [0.15, 0.2) is 30.7 Å². The molecule has 1 saturated heterocycles. The molecule has 23 heavy (non-hydrogen) atoms. The highest BCUT2D eigenvalue weighted by molar-refractivity contribution is 5.38. The van der Waals surface area contributed by atoms with Crippen molar-refractivity contribution in [2.45, 2.75) is 19.9 Å². The molecule has 2 aromatic rings. The lowest BCUT2D eigenvalue weighted by atomic mass is 10.1. The number of pyridine rings is 1. The minimum absolute atomic E-state index is 0.585. The number of nitriles is 1. The van der Waals surface area contributed by atoms with Gasteiger partial charge in [-0.2, -0.15) is 5.26 Å². The molecule has 1 aliphatic heterocycles. The van der Waals surface area contributed by atoms with Crippen molar-refractivity contribution in [3.8, 4) is 6.07 Å². The molecule has 3 rings (SSSR count). The average molecular weight is 308 g/mol. The van der Waals surface area contributed by atoms with Gasteiger partial charge in [-0.25, -0.2) is 4.98 Å². The summed E-state index contributed by atoms with van der Waals surface area (Å²) in [6.07, 6.45) is 6.45. The summed E-state index contributed by atoms with van der Waals surface area (Å²) in [4.78, 5) is 15.4. The number of nitrogens with one attached hydrogen (secondary N) is 1. The fourth-order valence-electron chi connectivity index (χ4n) is 2.77. The first-order chi connectivity index (χ1) is 11.2. The van der Waals surface area contributed by atoms with Crippen molar-refractivity contribution in [2.24, 2.45) is 5.92 Å². The molecule has 1 atom stereocenters.